The Bertz CT molecular complexity index is 1200. The number of hydrogen-bond donors (Lipinski definition) is 0. The van der Waals surface area contributed by atoms with E-state index in [-0.39, 0.29) is 24.2 Å². The van der Waals surface area contributed by atoms with E-state index in [0.29, 0.717) is 27.7 Å². The number of benzene rings is 3. The highest BCUT2D eigenvalue weighted by Crippen LogP contribution is 2.37. The molecule has 0 bridgehead atoms. The monoisotopic (exact) mass is 453 g/mol. The van der Waals surface area contributed by atoms with E-state index >= 15 is 0 Å². The van der Waals surface area contributed by atoms with Crippen LogP contribution >= 0.6 is 11.8 Å². The SMILES string of the molecule is COc1ccc2ccc(OC)c(/C=C3\SC(=O)N(CCOc4ccc(F)cc4)C3=O)c2c1. The van der Waals surface area contributed by atoms with Gasteiger partial charge in [0, 0.05) is 5.56 Å². The van der Waals surface area contributed by atoms with Gasteiger partial charge in [0.1, 0.15) is 29.7 Å². The third-order valence-electron chi connectivity index (χ3n) is 5.00. The number of nitrogens with zero attached hydrogens (tertiary/aromatic N) is 1. The van der Waals surface area contributed by atoms with Crippen LogP contribution in [0.2, 0.25) is 0 Å². The molecule has 1 aliphatic rings. The Balaban J connectivity index is 1.57. The zero-order valence-electron chi connectivity index (χ0n) is 17.5. The van der Waals surface area contributed by atoms with Crippen LogP contribution in [0.25, 0.3) is 16.8 Å². The van der Waals surface area contributed by atoms with Crippen LogP contribution in [0, 0.1) is 5.82 Å². The zero-order valence-corrected chi connectivity index (χ0v) is 18.3. The van der Waals surface area contributed by atoms with E-state index in [1.165, 1.54) is 24.3 Å². The van der Waals surface area contributed by atoms with Crippen molar-refractivity contribution in [1.29, 1.82) is 0 Å². The lowest BCUT2D eigenvalue weighted by atomic mass is 10.0. The number of ether oxygens (including phenoxy) is 3. The van der Waals surface area contributed by atoms with E-state index in [0.717, 1.165) is 27.4 Å². The highest BCUT2D eigenvalue weighted by Gasteiger charge is 2.35. The summed E-state index contributed by atoms with van der Waals surface area (Å²) in [5.74, 6) is 0.951. The lowest BCUT2D eigenvalue weighted by molar-refractivity contribution is -0.123. The highest BCUT2D eigenvalue weighted by molar-refractivity contribution is 8.18. The first-order valence-electron chi connectivity index (χ1n) is 9.78. The number of rotatable bonds is 7. The van der Waals surface area contributed by atoms with Crippen molar-refractivity contribution in [3.05, 3.63) is 70.9 Å². The summed E-state index contributed by atoms with van der Waals surface area (Å²) in [6, 6.07) is 14.9. The summed E-state index contributed by atoms with van der Waals surface area (Å²) in [5, 5.41) is 1.42. The van der Waals surface area contributed by atoms with Crippen LogP contribution in [0.3, 0.4) is 0 Å². The van der Waals surface area contributed by atoms with Gasteiger partial charge in [0.15, 0.2) is 0 Å². The Morgan fingerprint density at radius 3 is 2.41 bits per heavy atom. The van der Waals surface area contributed by atoms with Gasteiger partial charge in [0.2, 0.25) is 0 Å². The topological polar surface area (TPSA) is 65.1 Å². The average Bonchev–Trinajstić information content (AvgIpc) is 3.07. The summed E-state index contributed by atoms with van der Waals surface area (Å²) in [5.41, 5.74) is 0.692. The highest BCUT2D eigenvalue weighted by atomic mass is 32.2. The summed E-state index contributed by atoms with van der Waals surface area (Å²) in [7, 11) is 3.14. The minimum absolute atomic E-state index is 0.0832. The van der Waals surface area contributed by atoms with Crippen molar-refractivity contribution < 1.29 is 28.2 Å². The Hall–Kier alpha value is -3.52. The maximum atomic E-state index is 13.0. The molecule has 4 rings (SSSR count). The van der Waals surface area contributed by atoms with Crippen molar-refractivity contribution in [3.63, 3.8) is 0 Å². The molecule has 8 heteroatoms. The molecule has 1 saturated heterocycles. The number of carbonyl (C=O) groups is 2. The van der Waals surface area contributed by atoms with Crippen molar-refractivity contribution in [2.45, 2.75) is 0 Å². The predicted molar refractivity (Wildman–Crippen MR) is 122 cm³/mol. The summed E-state index contributed by atoms with van der Waals surface area (Å²) in [6.07, 6.45) is 1.67. The Kier molecular flexibility index (Phi) is 6.32. The fourth-order valence-electron chi connectivity index (χ4n) is 3.37. The van der Waals surface area contributed by atoms with Crippen LogP contribution in [0.4, 0.5) is 9.18 Å². The molecule has 0 aromatic heterocycles. The lowest BCUT2D eigenvalue weighted by Crippen LogP contribution is -2.32. The Morgan fingerprint density at radius 2 is 1.69 bits per heavy atom. The normalized spacial score (nSPS) is 15.0. The van der Waals surface area contributed by atoms with Gasteiger partial charge >= 0.3 is 0 Å². The number of hydrogen-bond acceptors (Lipinski definition) is 6. The van der Waals surface area contributed by atoms with Crippen molar-refractivity contribution >= 4 is 39.8 Å². The van der Waals surface area contributed by atoms with Gasteiger partial charge in [0.05, 0.1) is 25.7 Å². The van der Waals surface area contributed by atoms with Crippen molar-refractivity contribution in [2.75, 3.05) is 27.4 Å². The molecule has 3 aromatic carbocycles. The number of imide groups is 1. The molecule has 0 aliphatic carbocycles. The van der Waals surface area contributed by atoms with Crippen molar-refractivity contribution in [2.24, 2.45) is 0 Å². The van der Waals surface area contributed by atoms with Crippen LogP contribution < -0.4 is 14.2 Å². The van der Waals surface area contributed by atoms with E-state index in [1.54, 1.807) is 20.3 Å². The van der Waals surface area contributed by atoms with Crippen molar-refractivity contribution in [1.82, 2.24) is 4.90 Å². The quantitative estimate of drug-likeness (QED) is 0.463. The molecule has 0 atom stereocenters. The molecule has 0 N–H and O–H groups in total. The first-order valence-corrected chi connectivity index (χ1v) is 10.6. The fourth-order valence-corrected chi connectivity index (χ4v) is 4.21. The number of thioether (sulfide) groups is 1. The van der Waals surface area contributed by atoms with Gasteiger partial charge in [0.25, 0.3) is 11.1 Å². The molecule has 32 heavy (non-hydrogen) atoms. The number of amides is 2. The number of fused-ring (bicyclic) bond motifs is 1. The van der Waals surface area contributed by atoms with Gasteiger partial charge < -0.3 is 14.2 Å². The largest absolute Gasteiger partial charge is 0.497 e. The summed E-state index contributed by atoms with van der Waals surface area (Å²) in [4.78, 5) is 26.8. The average molecular weight is 453 g/mol. The predicted octanol–water partition coefficient (Wildman–Crippen LogP) is 5.11. The van der Waals surface area contributed by atoms with E-state index in [4.69, 9.17) is 14.2 Å². The standard InChI is InChI=1S/C24H20FNO5S/c1-29-18-7-3-15-4-10-21(30-2)20(19(15)13-18)14-22-23(27)26(24(28)32-22)11-12-31-17-8-5-16(25)6-9-17/h3-10,13-14H,11-12H2,1-2H3/b22-14-. The second-order valence-corrected chi connectivity index (χ2v) is 7.90. The van der Waals surface area contributed by atoms with Gasteiger partial charge in [-0.1, -0.05) is 12.1 Å². The molecule has 0 unspecified atom stereocenters. The van der Waals surface area contributed by atoms with Gasteiger partial charge in [-0.25, -0.2) is 4.39 Å². The summed E-state index contributed by atoms with van der Waals surface area (Å²) < 4.78 is 29.3. The summed E-state index contributed by atoms with van der Waals surface area (Å²) >= 11 is 0.869. The first kappa shape index (κ1) is 21.7. The second-order valence-electron chi connectivity index (χ2n) is 6.90. The maximum Gasteiger partial charge on any atom is 0.293 e. The third kappa shape index (κ3) is 4.40. The lowest BCUT2D eigenvalue weighted by Gasteiger charge is -2.13. The van der Waals surface area contributed by atoms with Crippen LogP contribution in [0.5, 0.6) is 17.2 Å². The fraction of sp³-hybridized carbons (Fsp3) is 0.167. The molecule has 164 valence electrons. The molecular weight excluding hydrogens is 433 g/mol. The van der Waals surface area contributed by atoms with Gasteiger partial charge in [-0.3, -0.25) is 14.5 Å². The van der Waals surface area contributed by atoms with Gasteiger partial charge in [-0.2, -0.15) is 0 Å². The second kappa shape index (κ2) is 9.32. The van der Waals surface area contributed by atoms with E-state index in [2.05, 4.69) is 0 Å². The van der Waals surface area contributed by atoms with Crippen LogP contribution in [0.15, 0.2) is 59.5 Å². The molecule has 0 saturated carbocycles. The van der Waals surface area contributed by atoms with Gasteiger partial charge in [-0.05, 0) is 71.1 Å². The number of carbonyl (C=O) groups excluding carboxylic acids is 2. The minimum atomic E-state index is -0.398. The van der Waals surface area contributed by atoms with E-state index in [1.807, 2.05) is 30.3 Å². The van der Waals surface area contributed by atoms with Gasteiger partial charge in [-0.15, -0.1) is 0 Å². The van der Waals surface area contributed by atoms with Crippen LogP contribution in [0.1, 0.15) is 5.56 Å². The number of methoxy groups -OCH3 is 2. The molecule has 0 spiro atoms. The van der Waals surface area contributed by atoms with Crippen molar-refractivity contribution in [3.8, 4) is 17.2 Å². The molecule has 1 aliphatic heterocycles. The maximum absolute atomic E-state index is 13.0. The minimum Gasteiger partial charge on any atom is -0.497 e. The summed E-state index contributed by atoms with van der Waals surface area (Å²) in [6.45, 7) is 0.186. The number of halogens is 1. The molecule has 0 radical (unpaired) electrons. The molecule has 1 fully saturated rings. The smallest absolute Gasteiger partial charge is 0.293 e. The van der Waals surface area contributed by atoms with E-state index in [9.17, 15) is 14.0 Å². The molecular formula is C24H20FNO5S. The zero-order chi connectivity index (χ0) is 22.7. The first-order chi connectivity index (χ1) is 15.5. The molecule has 1 heterocycles. The Labute approximate surface area is 188 Å². The third-order valence-corrected chi connectivity index (χ3v) is 5.90. The molecule has 2 amide bonds. The molecule has 3 aromatic rings. The molecule has 6 nitrogen and oxygen atoms in total. The van der Waals surface area contributed by atoms with Crippen LogP contribution in [-0.2, 0) is 4.79 Å². The van der Waals surface area contributed by atoms with Crippen LogP contribution in [-0.4, -0.2) is 43.4 Å². The van der Waals surface area contributed by atoms with E-state index < -0.39 is 5.91 Å². The Morgan fingerprint density at radius 1 is 0.969 bits per heavy atom.